The molecule has 1 fully saturated rings. The predicted octanol–water partition coefficient (Wildman–Crippen LogP) is 2.23. The number of amides is 1. The van der Waals surface area contributed by atoms with Crippen molar-refractivity contribution in [2.75, 3.05) is 12.3 Å². The second-order valence-electron chi connectivity index (χ2n) is 4.84. The summed E-state index contributed by atoms with van der Waals surface area (Å²) in [4.78, 5) is 14.0. The van der Waals surface area contributed by atoms with Gasteiger partial charge in [-0.2, -0.15) is 5.26 Å². The molecule has 0 radical (unpaired) electrons. The van der Waals surface area contributed by atoms with Crippen molar-refractivity contribution in [1.29, 1.82) is 5.26 Å². The molecule has 2 N–H and O–H groups in total. The summed E-state index contributed by atoms with van der Waals surface area (Å²) in [7, 11) is 0. The molecule has 0 spiro atoms. The maximum Gasteiger partial charge on any atom is 0.257 e. The highest BCUT2D eigenvalue weighted by Crippen LogP contribution is 2.29. The minimum atomic E-state index is -0.526. The molecule has 0 aromatic heterocycles. The van der Waals surface area contributed by atoms with Crippen LogP contribution in [-0.4, -0.2) is 23.4 Å². The molecule has 0 bridgehead atoms. The van der Waals surface area contributed by atoms with E-state index in [9.17, 15) is 9.18 Å². The molecule has 0 atom stereocenters. The summed E-state index contributed by atoms with van der Waals surface area (Å²) in [6.07, 6.45) is 2.09. The van der Waals surface area contributed by atoms with Crippen molar-refractivity contribution >= 4 is 11.6 Å². The summed E-state index contributed by atoms with van der Waals surface area (Å²) >= 11 is 0. The van der Waals surface area contributed by atoms with Crippen molar-refractivity contribution in [3.05, 3.63) is 29.1 Å². The number of rotatable bonds is 4. The van der Waals surface area contributed by atoms with Gasteiger partial charge in [0.25, 0.3) is 5.91 Å². The number of anilines is 1. The average Bonchev–Trinajstić information content (AvgIpc) is 3.18. The van der Waals surface area contributed by atoms with E-state index in [1.165, 1.54) is 12.1 Å². The SMILES string of the molecule is Cc1cc(N)cc(C(=O)N(CCC#N)C2CC2)c1F. The van der Waals surface area contributed by atoms with Gasteiger partial charge >= 0.3 is 0 Å². The van der Waals surface area contributed by atoms with Gasteiger partial charge in [-0.05, 0) is 37.5 Å². The Kier molecular flexibility index (Phi) is 3.70. The van der Waals surface area contributed by atoms with Crippen LogP contribution in [-0.2, 0) is 0 Å². The van der Waals surface area contributed by atoms with Crippen molar-refractivity contribution < 1.29 is 9.18 Å². The van der Waals surface area contributed by atoms with Crippen LogP contribution >= 0.6 is 0 Å². The summed E-state index contributed by atoms with van der Waals surface area (Å²) in [5, 5.41) is 8.63. The van der Waals surface area contributed by atoms with Gasteiger partial charge < -0.3 is 10.6 Å². The first-order chi connectivity index (χ1) is 9.04. The van der Waals surface area contributed by atoms with Gasteiger partial charge in [-0.15, -0.1) is 0 Å². The highest BCUT2D eigenvalue weighted by molar-refractivity contribution is 5.96. The smallest absolute Gasteiger partial charge is 0.257 e. The Hall–Kier alpha value is -2.09. The summed E-state index contributed by atoms with van der Waals surface area (Å²) in [5.41, 5.74) is 6.40. The largest absolute Gasteiger partial charge is 0.399 e. The molecule has 5 heteroatoms. The molecule has 1 aliphatic carbocycles. The Labute approximate surface area is 111 Å². The lowest BCUT2D eigenvalue weighted by Gasteiger charge is -2.22. The highest BCUT2D eigenvalue weighted by Gasteiger charge is 2.33. The quantitative estimate of drug-likeness (QED) is 0.845. The maximum absolute atomic E-state index is 14.0. The first-order valence-electron chi connectivity index (χ1n) is 6.28. The van der Waals surface area contributed by atoms with Crippen LogP contribution in [0.3, 0.4) is 0 Å². The Morgan fingerprint density at radius 2 is 2.26 bits per heavy atom. The fraction of sp³-hybridized carbons (Fsp3) is 0.429. The van der Waals surface area contributed by atoms with E-state index >= 15 is 0 Å². The topological polar surface area (TPSA) is 70.1 Å². The molecule has 4 nitrogen and oxygen atoms in total. The number of hydrogen-bond acceptors (Lipinski definition) is 3. The highest BCUT2D eigenvalue weighted by atomic mass is 19.1. The van der Waals surface area contributed by atoms with E-state index in [1.807, 2.05) is 6.07 Å². The van der Waals surface area contributed by atoms with E-state index in [-0.39, 0.29) is 23.9 Å². The normalized spacial score (nSPS) is 13.9. The first-order valence-corrected chi connectivity index (χ1v) is 6.28. The third-order valence-corrected chi connectivity index (χ3v) is 3.22. The average molecular weight is 261 g/mol. The van der Waals surface area contributed by atoms with Crippen LogP contribution in [0, 0.1) is 24.1 Å². The lowest BCUT2D eigenvalue weighted by Crippen LogP contribution is -2.34. The van der Waals surface area contributed by atoms with Crippen molar-refractivity contribution in [3.8, 4) is 6.07 Å². The van der Waals surface area contributed by atoms with Gasteiger partial charge in [0.2, 0.25) is 0 Å². The number of nitrogens with zero attached hydrogens (tertiary/aromatic N) is 2. The van der Waals surface area contributed by atoms with Gasteiger partial charge in [-0.3, -0.25) is 4.79 Å². The second kappa shape index (κ2) is 5.27. The number of carbonyl (C=O) groups is 1. The Balaban J connectivity index is 2.29. The fourth-order valence-corrected chi connectivity index (χ4v) is 2.11. The van der Waals surface area contributed by atoms with E-state index in [4.69, 9.17) is 11.0 Å². The van der Waals surface area contributed by atoms with Gasteiger partial charge in [0.05, 0.1) is 18.1 Å². The summed E-state index contributed by atoms with van der Waals surface area (Å²) in [6.45, 7) is 1.92. The molecule has 0 unspecified atom stereocenters. The van der Waals surface area contributed by atoms with Gasteiger partial charge in [-0.1, -0.05) is 0 Å². The van der Waals surface area contributed by atoms with Crippen LogP contribution < -0.4 is 5.73 Å². The van der Waals surface area contributed by atoms with Crippen LogP contribution in [0.15, 0.2) is 12.1 Å². The Bertz CT molecular complexity index is 546. The summed E-state index contributed by atoms with van der Waals surface area (Å²) in [6, 6.07) is 5.02. The van der Waals surface area contributed by atoms with Crippen LogP contribution in [0.1, 0.15) is 35.2 Å². The number of carbonyl (C=O) groups excluding carboxylic acids is 1. The predicted molar refractivity (Wildman–Crippen MR) is 69.8 cm³/mol. The minimum Gasteiger partial charge on any atom is -0.399 e. The third kappa shape index (κ3) is 2.84. The summed E-state index contributed by atoms with van der Waals surface area (Å²) in [5.74, 6) is -0.896. The molecular weight excluding hydrogens is 245 g/mol. The molecule has 2 rings (SSSR count). The molecule has 0 saturated heterocycles. The molecule has 19 heavy (non-hydrogen) atoms. The molecule has 0 heterocycles. The molecule has 0 aliphatic heterocycles. The van der Waals surface area contributed by atoms with E-state index in [1.54, 1.807) is 11.8 Å². The first kappa shape index (κ1) is 13.3. The number of hydrogen-bond donors (Lipinski definition) is 1. The van der Waals surface area contributed by atoms with Crippen LogP contribution in [0.2, 0.25) is 0 Å². The molecular formula is C14H16FN3O. The van der Waals surface area contributed by atoms with Gasteiger partial charge in [-0.25, -0.2) is 4.39 Å². The Morgan fingerprint density at radius 1 is 1.58 bits per heavy atom. The molecule has 1 amide bonds. The van der Waals surface area contributed by atoms with Crippen LogP contribution in [0.5, 0.6) is 0 Å². The van der Waals surface area contributed by atoms with Gasteiger partial charge in [0.1, 0.15) is 5.82 Å². The van der Waals surface area contributed by atoms with Crippen molar-refractivity contribution in [1.82, 2.24) is 4.90 Å². The number of aryl methyl sites for hydroxylation is 1. The molecule has 100 valence electrons. The van der Waals surface area contributed by atoms with Crippen LogP contribution in [0.25, 0.3) is 0 Å². The van der Waals surface area contributed by atoms with E-state index in [2.05, 4.69) is 0 Å². The lowest BCUT2D eigenvalue weighted by atomic mass is 10.1. The monoisotopic (exact) mass is 261 g/mol. The minimum absolute atomic E-state index is 0.00217. The summed E-state index contributed by atoms with van der Waals surface area (Å²) < 4.78 is 14.0. The third-order valence-electron chi connectivity index (χ3n) is 3.22. The lowest BCUT2D eigenvalue weighted by molar-refractivity contribution is 0.0742. The number of nitriles is 1. The van der Waals surface area contributed by atoms with Crippen LogP contribution in [0.4, 0.5) is 10.1 Å². The van der Waals surface area contributed by atoms with Gasteiger partial charge in [0.15, 0.2) is 0 Å². The van der Waals surface area contributed by atoms with E-state index in [0.717, 1.165) is 12.8 Å². The zero-order chi connectivity index (χ0) is 14.0. The fourth-order valence-electron chi connectivity index (χ4n) is 2.11. The number of nitrogen functional groups attached to an aromatic ring is 1. The zero-order valence-corrected chi connectivity index (χ0v) is 10.8. The number of nitrogens with two attached hydrogens (primary N) is 1. The van der Waals surface area contributed by atoms with E-state index < -0.39 is 5.82 Å². The van der Waals surface area contributed by atoms with Gasteiger partial charge in [0, 0.05) is 18.3 Å². The van der Waals surface area contributed by atoms with Crippen molar-refractivity contribution in [3.63, 3.8) is 0 Å². The Morgan fingerprint density at radius 3 is 2.84 bits per heavy atom. The van der Waals surface area contributed by atoms with Crippen molar-refractivity contribution in [2.24, 2.45) is 0 Å². The number of benzene rings is 1. The molecule has 1 saturated carbocycles. The standard InChI is InChI=1S/C14H16FN3O/c1-9-7-10(17)8-12(13(9)15)14(19)18(6-2-5-16)11-3-4-11/h7-8,11H,2-4,6,17H2,1H3. The maximum atomic E-state index is 14.0. The molecule has 1 aliphatic rings. The molecule has 1 aromatic carbocycles. The van der Waals surface area contributed by atoms with Crippen molar-refractivity contribution in [2.45, 2.75) is 32.2 Å². The molecule has 1 aromatic rings. The second-order valence-corrected chi connectivity index (χ2v) is 4.84. The number of halogens is 1. The van der Waals surface area contributed by atoms with E-state index in [0.29, 0.717) is 17.8 Å². The zero-order valence-electron chi connectivity index (χ0n) is 10.8.